The number of para-hydroxylation sites is 1. The maximum absolute atomic E-state index is 12.5. The minimum absolute atomic E-state index is 0.175. The first-order valence-corrected chi connectivity index (χ1v) is 9.16. The number of nitrogens with zero attached hydrogens (tertiary/aromatic N) is 3. The fourth-order valence-electron chi connectivity index (χ4n) is 3.31. The summed E-state index contributed by atoms with van der Waals surface area (Å²) in [6.45, 7) is -0.275. The summed E-state index contributed by atoms with van der Waals surface area (Å²) in [7, 11) is 1.57. The molecule has 7 heteroatoms. The number of imide groups is 2. The lowest BCUT2D eigenvalue weighted by molar-refractivity contribution is -0.143. The average molecular weight is 369 g/mol. The Hall–Kier alpha value is -2.96. The number of allylic oxidation sites excluding steroid dienone is 1. The first-order chi connectivity index (χ1) is 13.0. The first kappa shape index (κ1) is 18.8. The van der Waals surface area contributed by atoms with Gasteiger partial charge < -0.3 is 4.90 Å². The second-order valence-corrected chi connectivity index (χ2v) is 6.78. The molecule has 0 aromatic heterocycles. The van der Waals surface area contributed by atoms with Crippen molar-refractivity contribution in [3.05, 3.63) is 42.0 Å². The number of carbonyl (C=O) groups is 4. The molecule has 27 heavy (non-hydrogen) atoms. The van der Waals surface area contributed by atoms with Crippen LogP contribution in [-0.2, 0) is 14.4 Å². The Morgan fingerprint density at radius 1 is 1.04 bits per heavy atom. The molecule has 0 radical (unpaired) electrons. The molecule has 1 aromatic rings. The molecule has 7 nitrogen and oxygen atoms in total. The summed E-state index contributed by atoms with van der Waals surface area (Å²) in [4.78, 5) is 52.4. The Morgan fingerprint density at radius 2 is 1.74 bits per heavy atom. The van der Waals surface area contributed by atoms with Crippen molar-refractivity contribution >= 4 is 29.4 Å². The van der Waals surface area contributed by atoms with Crippen LogP contribution >= 0.6 is 0 Å². The molecule has 2 aliphatic rings. The van der Waals surface area contributed by atoms with Crippen LogP contribution in [0.1, 0.15) is 32.1 Å². The molecule has 0 saturated carbocycles. The molecule has 0 unspecified atom stereocenters. The third kappa shape index (κ3) is 4.07. The molecular formula is C20H23N3O4. The molecule has 1 fully saturated rings. The van der Waals surface area contributed by atoms with Crippen molar-refractivity contribution in [1.82, 2.24) is 9.80 Å². The SMILES string of the molecule is CN(C(=O)CN1C(=O)C(=O)N(CCC2=CCCCC2)C1=O)c1ccccc1. The summed E-state index contributed by atoms with van der Waals surface area (Å²) in [6, 6.07) is 8.19. The van der Waals surface area contributed by atoms with Crippen LogP contribution in [0.15, 0.2) is 42.0 Å². The number of hydrogen-bond acceptors (Lipinski definition) is 4. The van der Waals surface area contributed by atoms with Gasteiger partial charge in [0.1, 0.15) is 6.54 Å². The van der Waals surface area contributed by atoms with E-state index in [0.29, 0.717) is 12.1 Å². The Kier molecular flexibility index (Phi) is 5.69. The standard InChI is InChI=1S/C20H23N3O4/c1-21(16-10-6-3-7-11-16)17(24)14-23-19(26)18(25)22(20(23)27)13-12-15-8-4-2-5-9-15/h3,6-8,10-11H,2,4-5,9,12-14H2,1H3. The highest BCUT2D eigenvalue weighted by Gasteiger charge is 2.45. The van der Waals surface area contributed by atoms with E-state index in [1.807, 2.05) is 6.07 Å². The summed E-state index contributed by atoms with van der Waals surface area (Å²) < 4.78 is 0. The van der Waals surface area contributed by atoms with E-state index in [4.69, 9.17) is 0 Å². The second kappa shape index (κ2) is 8.16. The molecule has 1 heterocycles. The van der Waals surface area contributed by atoms with Gasteiger partial charge in [-0.2, -0.15) is 0 Å². The van der Waals surface area contributed by atoms with Crippen molar-refractivity contribution in [2.75, 3.05) is 25.0 Å². The minimum atomic E-state index is -0.938. The van der Waals surface area contributed by atoms with Crippen LogP contribution < -0.4 is 4.90 Å². The summed E-state index contributed by atoms with van der Waals surface area (Å²) in [5.41, 5.74) is 1.86. The van der Waals surface area contributed by atoms with E-state index < -0.39 is 30.3 Å². The second-order valence-electron chi connectivity index (χ2n) is 6.78. The molecule has 0 spiro atoms. The van der Waals surface area contributed by atoms with Crippen LogP contribution in [0.25, 0.3) is 0 Å². The predicted molar refractivity (Wildman–Crippen MR) is 99.8 cm³/mol. The largest absolute Gasteiger partial charge is 0.334 e. The van der Waals surface area contributed by atoms with Crippen LogP contribution in [0.2, 0.25) is 0 Å². The quantitative estimate of drug-likeness (QED) is 0.438. The third-order valence-electron chi connectivity index (χ3n) is 4.99. The van der Waals surface area contributed by atoms with E-state index >= 15 is 0 Å². The molecule has 1 saturated heterocycles. The molecule has 0 bridgehead atoms. The zero-order valence-corrected chi connectivity index (χ0v) is 15.4. The van der Waals surface area contributed by atoms with E-state index in [1.54, 1.807) is 31.3 Å². The average Bonchev–Trinajstić information content (AvgIpc) is 2.90. The van der Waals surface area contributed by atoms with Crippen LogP contribution in [0.4, 0.5) is 10.5 Å². The van der Waals surface area contributed by atoms with Gasteiger partial charge in [-0.25, -0.2) is 9.69 Å². The van der Waals surface area contributed by atoms with E-state index in [0.717, 1.165) is 35.5 Å². The van der Waals surface area contributed by atoms with Crippen LogP contribution in [0.5, 0.6) is 0 Å². The molecular weight excluding hydrogens is 346 g/mol. The number of anilines is 1. The summed E-state index contributed by atoms with van der Waals surface area (Å²) in [5.74, 6) is -2.23. The van der Waals surface area contributed by atoms with Crippen molar-refractivity contribution < 1.29 is 19.2 Å². The molecule has 1 aliphatic heterocycles. The van der Waals surface area contributed by atoms with E-state index in [9.17, 15) is 19.2 Å². The highest BCUT2D eigenvalue weighted by Crippen LogP contribution is 2.22. The molecule has 0 N–H and O–H groups in total. The number of amides is 5. The molecule has 0 atom stereocenters. The summed E-state index contributed by atoms with van der Waals surface area (Å²) in [5, 5.41) is 0. The minimum Gasteiger partial charge on any atom is -0.314 e. The highest BCUT2D eigenvalue weighted by molar-refractivity contribution is 6.45. The monoisotopic (exact) mass is 369 g/mol. The lowest BCUT2D eigenvalue weighted by Gasteiger charge is -2.21. The van der Waals surface area contributed by atoms with Crippen LogP contribution in [0.3, 0.4) is 0 Å². The first-order valence-electron chi connectivity index (χ1n) is 9.16. The normalized spacial score (nSPS) is 17.4. The topological polar surface area (TPSA) is 78.0 Å². The lowest BCUT2D eigenvalue weighted by atomic mass is 9.97. The Balaban J connectivity index is 1.63. The van der Waals surface area contributed by atoms with Gasteiger partial charge in [-0.3, -0.25) is 19.3 Å². The van der Waals surface area contributed by atoms with Gasteiger partial charge in [0.2, 0.25) is 5.91 Å². The fraction of sp³-hybridized carbons (Fsp3) is 0.400. The maximum Gasteiger partial charge on any atom is 0.334 e. The fourth-order valence-corrected chi connectivity index (χ4v) is 3.31. The van der Waals surface area contributed by atoms with E-state index in [-0.39, 0.29) is 6.54 Å². The van der Waals surface area contributed by atoms with Crippen LogP contribution in [-0.4, -0.2) is 53.7 Å². The Morgan fingerprint density at radius 3 is 2.41 bits per heavy atom. The van der Waals surface area contributed by atoms with Crippen molar-refractivity contribution in [2.45, 2.75) is 32.1 Å². The van der Waals surface area contributed by atoms with Gasteiger partial charge in [0, 0.05) is 19.3 Å². The molecule has 142 valence electrons. The number of hydrogen-bond donors (Lipinski definition) is 0. The Labute approximate surface area is 158 Å². The number of likely N-dealkylation sites (N-methyl/N-ethyl adjacent to an activating group) is 1. The third-order valence-corrected chi connectivity index (χ3v) is 4.99. The van der Waals surface area contributed by atoms with Crippen molar-refractivity contribution in [3.63, 3.8) is 0 Å². The van der Waals surface area contributed by atoms with Crippen LogP contribution in [0, 0.1) is 0 Å². The van der Waals surface area contributed by atoms with Gasteiger partial charge in [-0.05, 0) is 44.2 Å². The van der Waals surface area contributed by atoms with E-state index in [1.165, 1.54) is 10.5 Å². The molecule has 1 aliphatic carbocycles. The van der Waals surface area contributed by atoms with E-state index in [2.05, 4.69) is 6.08 Å². The van der Waals surface area contributed by atoms with Crippen molar-refractivity contribution in [2.24, 2.45) is 0 Å². The number of urea groups is 1. The van der Waals surface area contributed by atoms with Gasteiger partial charge in [-0.15, -0.1) is 0 Å². The summed E-state index contributed by atoms with van der Waals surface area (Å²) in [6.07, 6.45) is 6.98. The predicted octanol–water partition coefficient (Wildman–Crippen LogP) is 2.33. The van der Waals surface area contributed by atoms with Gasteiger partial charge in [0.05, 0.1) is 0 Å². The molecule has 5 amide bonds. The number of benzene rings is 1. The molecule has 3 rings (SSSR count). The van der Waals surface area contributed by atoms with Crippen molar-refractivity contribution in [3.8, 4) is 0 Å². The van der Waals surface area contributed by atoms with Gasteiger partial charge in [0.25, 0.3) is 0 Å². The van der Waals surface area contributed by atoms with Crippen molar-refractivity contribution in [1.29, 1.82) is 0 Å². The number of carbonyl (C=O) groups excluding carboxylic acids is 4. The number of rotatable bonds is 6. The lowest BCUT2D eigenvalue weighted by Crippen LogP contribution is -2.42. The van der Waals surface area contributed by atoms with Gasteiger partial charge in [0.15, 0.2) is 0 Å². The Bertz CT molecular complexity index is 788. The van der Waals surface area contributed by atoms with Gasteiger partial charge in [-0.1, -0.05) is 29.8 Å². The zero-order chi connectivity index (χ0) is 19.4. The smallest absolute Gasteiger partial charge is 0.314 e. The van der Waals surface area contributed by atoms with Gasteiger partial charge >= 0.3 is 17.8 Å². The highest BCUT2D eigenvalue weighted by atomic mass is 16.2. The molecule has 1 aromatic carbocycles. The summed E-state index contributed by atoms with van der Waals surface area (Å²) >= 11 is 0. The maximum atomic E-state index is 12.5. The zero-order valence-electron chi connectivity index (χ0n) is 15.4.